The molecule has 1 amide bonds. The number of nitrogens with zero attached hydrogens (tertiary/aromatic N) is 3. The van der Waals surface area contributed by atoms with Gasteiger partial charge >= 0.3 is 5.91 Å². The monoisotopic (exact) mass is 597 g/mol. The zero-order valence-electron chi connectivity index (χ0n) is 23.8. The van der Waals surface area contributed by atoms with Gasteiger partial charge in [0.2, 0.25) is 5.13 Å². The normalized spacial score (nSPS) is 19.4. The number of benzene rings is 3. The fourth-order valence-electron chi connectivity index (χ4n) is 5.32. The molecule has 0 radical (unpaired) electrons. The average Bonchev–Trinajstić information content (AvgIpc) is 3.67. The number of hydrogen-bond acceptors (Lipinski definition) is 8. The number of ether oxygens (including phenoxy) is 1. The maximum Gasteiger partial charge on any atom is 0.301 e. The fraction of sp³-hybridized carbons (Fsp3) is 0.273. The molecule has 0 saturated carbocycles. The van der Waals surface area contributed by atoms with Crippen molar-refractivity contribution in [2.24, 2.45) is 0 Å². The van der Waals surface area contributed by atoms with E-state index in [0.29, 0.717) is 38.7 Å². The van der Waals surface area contributed by atoms with Crippen LogP contribution >= 0.6 is 23.1 Å². The highest BCUT2D eigenvalue weighted by molar-refractivity contribution is 8.00. The number of aromatic nitrogens is 2. The van der Waals surface area contributed by atoms with E-state index in [1.807, 2.05) is 37.3 Å². The number of fused-ring (bicyclic) bond motifs is 1. The Morgan fingerprint density at radius 1 is 1.07 bits per heavy atom. The van der Waals surface area contributed by atoms with Crippen molar-refractivity contribution >= 4 is 45.7 Å². The summed E-state index contributed by atoms with van der Waals surface area (Å²) >= 11 is 2.79. The second kappa shape index (κ2) is 11.4. The van der Waals surface area contributed by atoms with E-state index in [1.54, 1.807) is 12.1 Å². The largest absolute Gasteiger partial charge is 0.507 e. The van der Waals surface area contributed by atoms with Crippen LogP contribution in [0.5, 0.6) is 5.75 Å². The molecule has 1 fully saturated rings. The first-order valence-electron chi connectivity index (χ1n) is 13.9. The van der Waals surface area contributed by atoms with Crippen LogP contribution in [0, 0.1) is 6.92 Å². The predicted molar refractivity (Wildman–Crippen MR) is 166 cm³/mol. The van der Waals surface area contributed by atoms with Gasteiger partial charge < -0.3 is 9.84 Å². The van der Waals surface area contributed by atoms with Crippen LogP contribution in [0.4, 0.5) is 5.13 Å². The number of aliphatic hydroxyl groups is 1. The molecule has 0 aliphatic carbocycles. The van der Waals surface area contributed by atoms with E-state index in [2.05, 4.69) is 55.2 Å². The third-order valence-electron chi connectivity index (χ3n) is 7.62. The zero-order chi connectivity index (χ0) is 29.5. The van der Waals surface area contributed by atoms with Gasteiger partial charge in [0.1, 0.15) is 17.6 Å². The van der Waals surface area contributed by atoms with Crippen LogP contribution in [0.25, 0.3) is 5.76 Å². The number of aryl methyl sites for hydroxylation is 1. The number of amides is 1. The van der Waals surface area contributed by atoms with Gasteiger partial charge in [-0.25, -0.2) is 0 Å². The molecule has 2 aliphatic heterocycles. The Kier molecular flexibility index (Phi) is 7.64. The molecule has 9 heteroatoms. The van der Waals surface area contributed by atoms with Crippen LogP contribution < -0.4 is 9.64 Å². The Morgan fingerprint density at radius 2 is 1.81 bits per heavy atom. The number of carbonyl (C=O) groups is 2. The van der Waals surface area contributed by atoms with Gasteiger partial charge in [-0.05, 0) is 60.2 Å². The van der Waals surface area contributed by atoms with E-state index >= 15 is 0 Å². The smallest absolute Gasteiger partial charge is 0.301 e. The van der Waals surface area contributed by atoms with Crippen molar-refractivity contribution in [1.82, 2.24) is 10.2 Å². The number of carbonyl (C=O) groups excluding carboxylic acids is 2. The fourth-order valence-corrected chi connectivity index (χ4v) is 7.14. The van der Waals surface area contributed by atoms with Crippen LogP contribution in [0.1, 0.15) is 66.1 Å². The van der Waals surface area contributed by atoms with Crippen molar-refractivity contribution in [3.63, 3.8) is 0 Å². The lowest BCUT2D eigenvalue weighted by Gasteiger charge is -2.23. The number of rotatable bonds is 7. The van der Waals surface area contributed by atoms with Crippen LogP contribution in [-0.4, -0.2) is 33.1 Å². The number of Topliss-reactive ketones (excluding diaryl/α,β-unsaturated/α-hetero) is 1. The maximum absolute atomic E-state index is 13.6. The van der Waals surface area contributed by atoms with Crippen LogP contribution in [0.2, 0.25) is 0 Å². The van der Waals surface area contributed by atoms with Gasteiger partial charge in [0.05, 0.1) is 11.6 Å². The molecule has 7 nitrogen and oxygen atoms in total. The molecule has 0 bridgehead atoms. The number of ketones is 1. The quantitative estimate of drug-likeness (QED) is 0.0791. The molecule has 1 saturated heterocycles. The Labute approximate surface area is 253 Å². The van der Waals surface area contributed by atoms with Crippen molar-refractivity contribution in [3.05, 3.63) is 106 Å². The minimum atomic E-state index is -0.850. The number of hydrogen-bond donors (Lipinski definition) is 1. The van der Waals surface area contributed by atoms with E-state index in [9.17, 15) is 14.7 Å². The van der Waals surface area contributed by atoms with Crippen molar-refractivity contribution in [2.75, 3.05) is 4.90 Å². The maximum atomic E-state index is 13.6. The first kappa shape index (κ1) is 28.2. The Bertz CT molecular complexity index is 1690. The third kappa shape index (κ3) is 5.34. The Balaban J connectivity index is 1.39. The highest BCUT2D eigenvalue weighted by Crippen LogP contribution is 2.45. The summed E-state index contributed by atoms with van der Waals surface area (Å²) in [6.45, 7) is 8.25. The first-order valence-corrected chi connectivity index (χ1v) is 15.7. The molecule has 0 unspecified atom stereocenters. The van der Waals surface area contributed by atoms with E-state index in [-0.39, 0.29) is 17.4 Å². The van der Waals surface area contributed by atoms with Gasteiger partial charge in [0.25, 0.3) is 5.78 Å². The molecule has 4 aromatic rings. The highest BCUT2D eigenvalue weighted by atomic mass is 32.2. The summed E-state index contributed by atoms with van der Waals surface area (Å²) in [6.07, 6.45) is 0.747. The summed E-state index contributed by atoms with van der Waals surface area (Å²) in [5, 5.41) is 20.6. The molecule has 3 aromatic carbocycles. The van der Waals surface area contributed by atoms with E-state index in [1.165, 1.54) is 33.6 Å². The molecular weight excluding hydrogens is 567 g/mol. The van der Waals surface area contributed by atoms with Crippen LogP contribution in [0.3, 0.4) is 0 Å². The predicted octanol–water partition coefficient (Wildman–Crippen LogP) is 7.21. The molecule has 1 N–H and O–H groups in total. The summed E-state index contributed by atoms with van der Waals surface area (Å²) in [5.74, 6) is 0.0877. The molecule has 0 spiro atoms. The summed E-state index contributed by atoms with van der Waals surface area (Å²) in [6, 6.07) is 20.6. The first-order chi connectivity index (χ1) is 20.2. The van der Waals surface area contributed by atoms with E-state index < -0.39 is 17.7 Å². The van der Waals surface area contributed by atoms with Crippen LogP contribution in [-0.2, 0) is 21.8 Å². The highest BCUT2D eigenvalue weighted by Gasteiger charge is 2.48. The van der Waals surface area contributed by atoms with Gasteiger partial charge in [0.15, 0.2) is 4.34 Å². The molecule has 2 atom stereocenters. The van der Waals surface area contributed by atoms with E-state index in [4.69, 9.17) is 4.74 Å². The third-order valence-corrected chi connectivity index (χ3v) is 9.74. The molecular formula is C33H31N3O4S2. The molecule has 6 rings (SSSR count). The lowest BCUT2D eigenvalue weighted by atomic mass is 9.93. The Hall–Kier alpha value is -3.95. The lowest BCUT2D eigenvalue weighted by molar-refractivity contribution is -0.132. The second-order valence-electron chi connectivity index (χ2n) is 11.1. The summed E-state index contributed by atoms with van der Waals surface area (Å²) < 4.78 is 6.50. The molecule has 42 heavy (non-hydrogen) atoms. The van der Waals surface area contributed by atoms with Gasteiger partial charge in [-0.1, -0.05) is 91.0 Å². The van der Waals surface area contributed by atoms with Crippen LogP contribution in [0.15, 0.2) is 76.6 Å². The number of thioether (sulfide) groups is 1. The summed E-state index contributed by atoms with van der Waals surface area (Å²) in [7, 11) is 0. The Morgan fingerprint density at radius 3 is 2.52 bits per heavy atom. The zero-order valence-corrected chi connectivity index (χ0v) is 25.5. The topological polar surface area (TPSA) is 92.6 Å². The summed E-state index contributed by atoms with van der Waals surface area (Å²) in [4.78, 5) is 28.6. The minimum Gasteiger partial charge on any atom is -0.507 e. The van der Waals surface area contributed by atoms with Gasteiger partial charge in [-0.2, -0.15) is 0 Å². The SMILES string of the molecule is Cc1ccc(CSc2nnc(N3C(=O)C(=O)/C(=C(/O)c4ccc5c(c4)C[C@@H](C)O5)[C@H]3c3ccc(C(C)C)cc3)s2)cc1. The van der Waals surface area contributed by atoms with Crippen molar-refractivity contribution in [3.8, 4) is 5.75 Å². The van der Waals surface area contributed by atoms with Gasteiger partial charge in [-0.15, -0.1) is 10.2 Å². The average molecular weight is 598 g/mol. The van der Waals surface area contributed by atoms with Crippen molar-refractivity contribution in [1.29, 1.82) is 0 Å². The standard InChI is InChI=1S/C33H31N3O4S2/c1-18(2)22-9-11-23(12-10-22)28-27(29(37)24-13-14-26-25(16-24)15-20(4)40-26)30(38)31(39)36(28)32-34-35-33(42-32)41-17-21-7-5-19(3)6-8-21/h5-14,16,18,20,28,37H,15,17H2,1-4H3/b29-27+/t20-,28-/m1/s1. The second-order valence-corrected chi connectivity index (χ2v) is 13.2. The molecule has 1 aromatic heterocycles. The molecule has 2 aliphatic rings. The van der Waals surface area contributed by atoms with Crippen molar-refractivity contribution < 1.29 is 19.4 Å². The van der Waals surface area contributed by atoms with E-state index in [0.717, 1.165) is 22.4 Å². The molecule has 3 heterocycles. The van der Waals surface area contributed by atoms with Gasteiger partial charge in [-0.3, -0.25) is 14.5 Å². The minimum absolute atomic E-state index is 0.0354. The summed E-state index contributed by atoms with van der Waals surface area (Å²) in [5.41, 5.74) is 5.66. The molecule has 214 valence electrons. The number of anilines is 1. The lowest BCUT2D eigenvalue weighted by Crippen LogP contribution is -2.29. The van der Waals surface area contributed by atoms with Crippen molar-refractivity contribution in [2.45, 2.75) is 62.3 Å². The number of aliphatic hydroxyl groups excluding tert-OH is 1. The van der Waals surface area contributed by atoms with Gasteiger partial charge in [0, 0.05) is 17.7 Å².